The molecule has 2 unspecified atom stereocenters. The van der Waals surface area contributed by atoms with Crippen LogP contribution in [0.25, 0.3) is 0 Å². The van der Waals surface area contributed by atoms with Crippen molar-refractivity contribution in [1.29, 1.82) is 0 Å². The summed E-state index contributed by atoms with van der Waals surface area (Å²) in [6, 6.07) is 0. The Morgan fingerprint density at radius 3 is 0.859 bits per heavy atom. The van der Waals surface area contributed by atoms with Gasteiger partial charge in [0.05, 0.1) is 34.4 Å². The van der Waals surface area contributed by atoms with E-state index in [1.54, 1.807) is 0 Å². The molecule has 99 heavy (non-hydrogen) atoms. The van der Waals surface area contributed by atoms with Crippen molar-refractivity contribution in [1.82, 2.24) is 0 Å². The zero-order valence-corrected chi connectivity index (χ0v) is 65.6. The van der Waals surface area contributed by atoms with Crippen LogP contribution in [0.15, 0.2) is 109 Å². The molecule has 9 nitrogen and oxygen atoms in total. The first kappa shape index (κ1) is 94.9. The summed E-state index contributed by atoms with van der Waals surface area (Å²) in [5.41, 5.74) is 0. The average molecular weight is 1380 g/mol. The largest absolute Gasteiger partial charge is 0.477 e. The van der Waals surface area contributed by atoms with Gasteiger partial charge in [-0.05, 0) is 83.5 Å². The Bertz CT molecular complexity index is 2000. The van der Waals surface area contributed by atoms with E-state index in [4.69, 9.17) is 18.9 Å². The van der Waals surface area contributed by atoms with E-state index in [2.05, 4.69) is 123 Å². The highest BCUT2D eigenvalue weighted by Gasteiger charge is 2.25. The number of rotatable bonds is 78. The highest BCUT2D eigenvalue weighted by atomic mass is 16.7. The molecule has 0 bridgehead atoms. The second-order valence-corrected chi connectivity index (χ2v) is 29.4. The van der Waals surface area contributed by atoms with Gasteiger partial charge in [-0.3, -0.25) is 9.59 Å². The van der Waals surface area contributed by atoms with Gasteiger partial charge in [0, 0.05) is 12.8 Å². The van der Waals surface area contributed by atoms with E-state index < -0.39 is 24.3 Å². The Labute approximate surface area is 613 Å². The Balaban J connectivity index is 4.02. The summed E-state index contributed by atoms with van der Waals surface area (Å²) in [5.74, 6) is -2.01. The number of carboxylic acids is 1. The lowest BCUT2D eigenvalue weighted by molar-refractivity contribution is -0.870. The molecule has 1 N–H and O–H groups in total. The molecule has 0 saturated heterocycles. The Morgan fingerprint density at radius 2 is 0.576 bits per heavy atom. The first-order valence-electron chi connectivity index (χ1n) is 42.1. The second kappa shape index (κ2) is 79.6. The van der Waals surface area contributed by atoms with Crippen molar-refractivity contribution in [3.8, 4) is 0 Å². The number of esters is 2. The number of ether oxygens (including phenoxy) is 4. The first-order valence-corrected chi connectivity index (χ1v) is 42.1. The number of carbonyl (C=O) groups is 3. The van der Waals surface area contributed by atoms with Gasteiger partial charge in [0.2, 0.25) is 0 Å². The van der Waals surface area contributed by atoms with Crippen LogP contribution >= 0.6 is 0 Å². The number of hydrogen-bond acceptors (Lipinski definition) is 7. The molecule has 0 amide bonds. The highest BCUT2D eigenvalue weighted by molar-refractivity contribution is 5.71. The summed E-state index contributed by atoms with van der Waals surface area (Å²) in [7, 11) is 5.98. The summed E-state index contributed by atoms with van der Waals surface area (Å²) in [4.78, 5) is 37.8. The molecule has 0 radical (unpaired) electrons. The summed E-state index contributed by atoms with van der Waals surface area (Å²) in [6.45, 7) is 4.80. The van der Waals surface area contributed by atoms with Crippen LogP contribution in [0.2, 0.25) is 0 Å². The predicted octanol–water partition coefficient (Wildman–Crippen LogP) is 27.3. The summed E-state index contributed by atoms with van der Waals surface area (Å²) < 4.78 is 23.0. The fourth-order valence-electron chi connectivity index (χ4n) is 12.2. The van der Waals surface area contributed by atoms with E-state index in [9.17, 15) is 19.5 Å². The third-order valence-corrected chi connectivity index (χ3v) is 18.5. The van der Waals surface area contributed by atoms with Gasteiger partial charge in [-0.2, -0.15) is 0 Å². The number of likely N-dealkylation sites (N-methyl/N-ethyl adjacent to an activating group) is 1. The number of unbranched alkanes of at least 4 members (excludes halogenated alkanes) is 45. The lowest BCUT2D eigenvalue weighted by Gasteiger charge is -2.25. The molecule has 0 aromatic rings. The Hall–Kier alpha value is -4.05. The number of carboxylic acid groups (broad SMARTS) is 1. The molecule has 0 spiro atoms. The second-order valence-electron chi connectivity index (χ2n) is 29.4. The van der Waals surface area contributed by atoms with Crippen molar-refractivity contribution in [2.24, 2.45) is 0 Å². The molecule has 0 aliphatic rings. The Morgan fingerprint density at radius 1 is 0.313 bits per heavy atom. The zero-order valence-electron chi connectivity index (χ0n) is 65.6. The number of allylic oxidation sites excluding steroid dienone is 18. The first-order chi connectivity index (χ1) is 48.6. The van der Waals surface area contributed by atoms with Crippen LogP contribution in [0.4, 0.5) is 0 Å². The number of quaternary nitrogens is 1. The van der Waals surface area contributed by atoms with Crippen LogP contribution in [0.5, 0.6) is 0 Å². The SMILES string of the molecule is CC/C=C\C/C=C\C/C=C\C/C=C\C/C=C\C/C=C\C/C=C\C/C=C\C/C=C\CCCCCCCCCC(=O)OC(COC(=O)CCCCCCCCCCCCCCCCCCCCCCCCCCCCCCCCCCCCCCCCC)COC(OCC[N+](C)(C)C)C(=O)O. The minimum Gasteiger partial charge on any atom is -0.477 e. The van der Waals surface area contributed by atoms with Crippen molar-refractivity contribution in [3.05, 3.63) is 109 Å². The minimum atomic E-state index is -1.52. The van der Waals surface area contributed by atoms with Gasteiger partial charge in [0.15, 0.2) is 6.10 Å². The van der Waals surface area contributed by atoms with Gasteiger partial charge in [-0.15, -0.1) is 0 Å². The summed E-state index contributed by atoms with van der Waals surface area (Å²) in [6.07, 6.45) is 110. The van der Waals surface area contributed by atoms with Gasteiger partial charge in [-0.1, -0.05) is 399 Å². The number of aliphatic carboxylic acids is 1. The van der Waals surface area contributed by atoms with Crippen LogP contribution < -0.4 is 0 Å². The standard InChI is InChI=1S/C90H159NO8/c1-6-8-10-12-14-16-18-20-22-24-26-28-30-32-34-36-38-40-42-43-44-45-47-48-50-52-54-56-58-60-62-64-66-68-70-72-74-76-78-80-87(92)97-84-86(85-98-90(89(94)95)96-83-82-91(3,4)5)99-88(93)81-79-77-75-73-71-69-67-65-63-61-59-57-55-53-51-49-46-41-39-37-35-33-31-29-27-25-23-21-19-17-15-13-11-9-7-2/h9,11,15,17,21,23,27,29,33,35,39,41,49,51,55,57,61,63,86,90H,6-8,10,12-14,16,18-20,22,24-26,28,30-32,34,36-38,40,42-48,50,52-54,56,58-60,62,64-85H2,1-5H3/p+1/b11-9-,17-15-,23-21-,29-27-,35-33-,41-39-,51-49-,57-55-,63-61-. The van der Waals surface area contributed by atoms with Crippen molar-refractivity contribution in [2.45, 2.75) is 399 Å². The Kier molecular flexibility index (Phi) is 76.4. The molecular weight excluding hydrogens is 1220 g/mol. The van der Waals surface area contributed by atoms with Crippen LogP contribution in [0, 0.1) is 0 Å². The van der Waals surface area contributed by atoms with Gasteiger partial charge >= 0.3 is 17.9 Å². The lowest BCUT2D eigenvalue weighted by Crippen LogP contribution is -2.40. The van der Waals surface area contributed by atoms with E-state index in [1.165, 1.54) is 250 Å². The van der Waals surface area contributed by atoms with E-state index in [1.807, 2.05) is 21.1 Å². The fraction of sp³-hybridized carbons (Fsp3) is 0.767. The monoisotopic (exact) mass is 1380 g/mol. The molecule has 9 heteroatoms. The molecular formula is C90H160NO8+. The highest BCUT2D eigenvalue weighted by Crippen LogP contribution is 2.20. The van der Waals surface area contributed by atoms with Crippen LogP contribution in [0.1, 0.15) is 386 Å². The molecule has 0 aromatic carbocycles. The van der Waals surface area contributed by atoms with Crippen molar-refractivity contribution in [2.75, 3.05) is 47.5 Å². The quantitative estimate of drug-likeness (QED) is 0.0211. The van der Waals surface area contributed by atoms with Gasteiger partial charge < -0.3 is 28.5 Å². The fourth-order valence-corrected chi connectivity index (χ4v) is 12.2. The van der Waals surface area contributed by atoms with Crippen molar-refractivity contribution < 1.29 is 42.9 Å². The predicted molar refractivity (Wildman–Crippen MR) is 428 cm³/mol. The molecule has 0 rings (SSSR count). The lowest BCUT2D eigenvalue weighted by atomic mass is 10.0. The zero-order chi connectivity index (χ0) is 71.8. The van der Waals surface area contributed by atoms with Gasteiger partial charge in [0.1, 0.15) is 13.2 Å². The summed E-state index contributed by atoms with van der Waals surface area (Å²) in [5, 5.41) is 9.78. The smallest absolute Gasteiger partial charge is 0.361 e. The average Bonchev–Trinajstić information content (AvgIpc) is 1.16. The van der Waals surface area contributed by atoms with Crippen LogP contribution in [-0.4, -0.2) is 87.4 Å². The number of hydrogen-bond donors (Lipinski definition) is 1. The van der Waals surface area contributed by atoms with E-state index in [0.29, 0.717) is 23.9 Å². The third kappa shape index (κ3) is 81.1. The third-order valence-electron chi connectivity index (χ3n) is 18.5. The van der Waals surface area contributed by atoms with E-state index in [0.717, 1.165) is 103 Å². The van der Waals surface area contributed by atoms with Crippen molar-refractivity contribution >= 4 is 17.9 Å². The van der Waals surface area contributed by atoms with Crippen LogP contribution in [0.3, 0.4) is 0 Å². The van der Waals surface area contributed by atoms with Gasteiger partial charge in [-0.25, -0.2) is 4.79 Å². The normalized spacial score (nSPS) is 13.2. The molecule has 0 saturated carbocycles. The van der Waals surface area contributed by atoms with Crippen LogP contribution in [-0.2, 0) is 33.3 Å². The molecule has 0 heterocycles. The van der Waals surface area contributed by atoms with Gasteiger partial charge in [0.25, 0.3) is 6.29 Å². The number of nitrogens with zero attached hydrogens (tertiary/aromatic N) is 1. The maximum atomic E-state index is 13.0. The topological polar surface area (TPSA) is 108 Å². The van der Waals surface area contributed by atoms with E-state index >= 15 is 0 Å². The van der Waals surface area contributed by atoms with E-state index in [-0.39, 0.29) is 32.2 Å². The molecule has 0 aliphatic heterocycles. The number of carbonyl (C=O) groups excluding carboxylic acids is 2. The molecule has 0 aromatic heterocycles. The minimum absolute atomic E-state index is 0.182. The maximum absolute atomic E-state index is 13.0. The molecule has 572 valence electrons. The summed E-state index contributed by atoms with van der Waals surface area (Å²) >= 11 is 0. The molecule has 2 atom stereocenters. The molecule has 0 fully saturated rings. The maximum Gasteiger partial charge on any atom is 0.361 e. The van der Waals surface area contributed by atoms with Crippen molar-refractivity contribution in [3.63, 3.8) is 0 Å². The molecule has 0 aliphatic carbocycles.